The number of hydrogen-bond donors (Lipinski definition) is 1. The van der Waals surface area contributed by atoms with Crippen molar-refractivity contribution in [3.8, 4) is 0 Å². The van der Waals surface area contributed by atoms with Crippen LogP contribution in [0.25, 0.3) is 0 Å². The predicted molar refractivity (Wildman–Crippen MR) is 70.6 cm³/mol. The van der Waals surface area contributed by atoms with Gasteiger partial charge >= 0.3 is 0 Å². The molecule has 16 heavy (non-hydrogen) atoms. The lowest BCUT2D eigenvalue weighted by Gasteiger charge is -2.33. The van der Waals surface area contributed by atoms with Gasteiger partial charge < -0.3 is 5.73 Å². The second kappa shape index (κ2) is 4.40. The smallest absolute Gasteiger partial charge is 0.0782 e. The lowest BCUT2D eigenvalue weighted by atomic mass is 9.79. The average molecular weight is 231 g/mol. The molecule has 1 unspecified atom stereocenters. The van der Waals surface area contributed by atoms with E-state index in [9.17, 15) is 0 Å². The van der Waals surface area contributed by atoms with Crippen molar-refractivity contribution >= 4 is 11.3 Å². The summed E-state index contributed by atoms with van der Waals surface area (Å²) in [6.45, 7) is 4.35. The van der Waals surface area contributed by atoms with Gasteiger partial charge in [0.2, 0.25) is 0 Å². The van der Waals surface area contributed by atoms with Crippen LogP contribution in [0.1, 0.15) is 24.3 Å². The molecule has 0 saturated carbocycles. The highest BCUT2D eigenvalue weighted by Gasteiger charge is 2.33. The van der Waals surface area contributed by atoms with Crippen molar-refractivity contribution in [1.29, 1.82) is 0 Å². The molecule has 0 bridgehead atoms. The van der Waals surface area contributed by atoms with Gasteiger partial charge in [-0.3, -0.25) is 0 Å². The lowest BCUT2D eigenvalue weighted by molar-refractivity contribution is 0.390. The van der Waals surface area contributed by atoms with E-state index in [0.29, 0.717) is 5.92 Å². The average Bonchev–Trinajstić information content (AvgIpc) is 2.82. The molecule has 0 radical (unpaired) electrons. The van der Waals surface area contributed by atoms with Crippen molar-refractivity contribution in [3.05, 3.63) is 58.3 Å². The summed E-state index contributed by atoms with van der Waals surface area (Å²) in [6, 6.07) is 14.5. The first kappa shape index (κ1) is 11.4. The predicted octanol–water partition coefficient (Wildman–Crippen LogP) is 3.61. The van der Waals surface area contributed by atoms with E-state index in [1.165, 1.54) is 10.4 Å². The van der Waals surface area contributed by atoms with Crippen LogP contribution in [-0.2, 0) is 5.54 Å². The summed E-state index contributed by atoms with van der Waals surface area (Å²) in [5.74, 6) is 0.369. The number of benzene rings is 1. The summed E-state index contributed by atoms with van der Waals surface area (Å²) < 4.78 is 0. The highest BCUT2D eigenvalue weighted by Crippen LogP contribution is 2.36. The van der Waals surface area contributed by atoms with Gasteiger partial charge in [0.05, 0.1) is 5.54 Å². The van der Waals surface area contributed by atoms with Crippen molar-refractivity contribution < 1.29 is 0 Å². The van der Waals surface area contributed by atoms with Crippen molar-refractivity contribution in [2.75, 3.05) is 0 Å². The molecular weight excluding hydrogens is 214 g/mol. The zero-order valence-electron chi connectivity index (χ0n) is 9.68. The highest BCUT2D eigenvalue weighted by molar-refractivity contribution is 7.10. The van der Waals surface area contributed by atoms with E-state index >= 15 is 0 Å². The largest absolute Gasteiger partial charge is 0.317 e. The maximum Gasteiger partial charge on any atom is 0.0782 e. The second-order valence-electron chi connectivity index (χ2n) is 4.37. The first-order valence-corrected chi connectivity index (χ1v) is 6.42. The van der Waals surface area contributed by atoms with Crippen molar-refractivity contribution in [2.45, 2.75) is 19.4 Å². The van der Waals surface area contributed by atoms with Crippen molar-refractivity contribution in [2.24, 2.45) is 11.7 Å². The molecule has 1 aromatic carbocycles. The fraction of sp³-hybridized carbons (Fsp3) is 0.286. The molecule has 84 valence electrons. The standard InChI is InChI=1S/C14H17NS/c1-11(2)14(15,13-9-6-10-16-13)12-7-4-3-5-8-12/h3-11H,15H2,1-2H3. The SMILES string of the molecule is CC(C)C(N)(c1ccccc1)c1cccs1. The van der Waals surface area contributed by atoms with Crippen LogP contribution in [-0.4, -0.2) is 0 Å². The summed E-state index contributed by atoms with van der Waals surface area (Å²) in [5, 5.41) is 2.09. The van der Waals surface area contributed by atoms with E-state index in [-0.39, 0.29) is 5.54 Å². The molecule has 0 fully saturated rings. The Labute approximate surface area is 101 Å². The van der Waals surface area contributed by atoms with Gasteiger partial charge in [-0.1, -0.05) is 50.2 Å². The second-order valence-corrected chi connectivity index (χ2v) is 5.31. The Morgan fingerprint density at radius 1 is 1.06 bits per heavy atom. The summed E-state index contributed by atoms with van der Waals surface area (Å²) >= 11 is 1.73. The Morgan fingerprint density at radius 2 is 1.75 bits per heavy atom. The molecule has 1 atom stereocenters. The summed E-state index contributed by atoms with van der Waals surface area (Å²) in [4.78, 5) is 1.23. The molecule has 0 aliphatic carbocycles. The van der Waals surface area contributed by atoms with Gasteiger partial charge in [-0.15, -0.1) is 11.3 Å². The van der Waals surface area contributed by atoms with Crippen LogP contribution in [0.2, 0.25) is 0 Å². The highest BCUT2D eigenvalue weighted by atomic mass is 32.1. The first-order chi connectivity index (χ1) is 7.65. The molecule has 1 heterocycles. The maximum absolute atomic E-state index is 6.64. The molecule has 0 aliphatic rings. The zero-order chi connectivity index (χ0) is 11.6. The van der Waals surface area contributed by atoms with E-state index in [4.69, 9.17) is 5.73 Å². The molecule has 2 N–H and O–H groups in total. The lowest BCUT2D eigenvalue weighted by Crippen LogP contribution is -2.42. The van der Waals surface area contributed by atoms with Crippen LogP contribution in [0.15, 0.2) is 47.8 Å². The molecule has 0 aliphatic heterocycles. The molecule has 2 aromatic rings. The Kier molecular flexibility index (Phi) is 3.13. The minimum atomic E-state index is -0.366. The van der Waals surface area contributed by atoms with Gasteiger partial charge in [0.15, 0.2) is 0 Å². The van der Waals surface area contributed by atoms with E-state index < -0.39 is 0 Å². The fourth-order valence-electron chi connectivity index (χ4n) is 1.99. The third-order valence-corrected chi connectivity index (χ3v) is 4.11. The molecule has 1 nitrogen and oxygen atoms in total. The third kappa shape index (κ3) is 1.79. The maximum atomic E-state index is 6.64. The van der Waals surface area contributed by atoms with Gasteiger partial charge in [0.25, 0.3) is 0 Å². The topological polar surface area (TPSA) is 26.0 Å². The number of rotatable bonds is 3. The Balaban J connectivity index is 2.53. The zero-order valence-corrected chi connectivity index (χ0v) is 10.5. The Bertz CT molecular complexity index is 433. The molecule has 2 rings (SSSR count). The van der Waals surface area contributed by atoms with Crippen LogP contribution in [0.4, 0.5) is 0 Å². The number of hydrogen-bond acceptors (Lipinski definition) is 2. The van der Waals surface area contributed by atoms with E-state index in [0.717, 1.165) is 0 Å². The Hall–Kier alpha value is -1.12. The van der Waals surface area contributed by atoms with Crippen molar-refractivity contribution in [1.82, 2.24) is 0 Å². The fourth-order valence-corrected chi connectivity index (χ4v) is 3.00. The van der Waals surface area contributed by atoms with Gasteiger partial charge in [-0.05, 0) is 22.9 Å². The first-order valence-electron chi connectivity index (χ1n) is 5.54. The van der Waals surface area contributed by atoms with Gasteiger partial charge in [0, 0.05) is 4.88 Å². The van der Waals surface area contributed by atoms with E-state index in [1.54, 1.807) is 11.3 Å². The van der Waals surface area contributed by atoms with Gasteiger partial charge in [0.1, 0.15) is 0 Å². The van der Waals surface area contributed by atoms with Gasteiger partial charge in [-0.2, -0.15) is 0 Å². The molecule has 1 aromatic heterocycles. The molecule has 0 spiro atoms. The molecule has 0 amide bonds. The molecular formula is C14H17NS. The van der Waals surface area contributed by atoms with Crippen molar-refractivity contribution in [3.63, 3.8) is 0 Å². The van der Waals surface area contributed by atoms with Gasteiger partial charge in [-0.25, -0.2) is 0 Å². The van der Waals surface area contributed by atoms with Crippen LogP contribution < -0.4 is 5.73 Å². The van der Waals surface area contributed by atoms with E-state index in [1.807, 2.05) is 18.2 Å². The Morgan fingerprint density at radius 3 is 2.25 bits per heavy atom. The summed E-state index contributed by atoms with van der Waals surface area (Å²) in [5.41, 5.74) is 7.46. The molecule has 2 heteroatoms. The molecule has 0 saturated heterocycles. The summed E-state index contributed by atoms with van der Waals surface area (Å²) in [6.07, 6.45) is 0. The monoisotopic (exact) mass is 231 g/mol. The quantitative estimate of drug-likeness (QED) is 0.858. The van der Waals surface area contributed by atoms with Crippen LogP contribution in [0.3, 0.4) is 0 Å². The van der Waals surface area contributed by atoms with Crippen LogP contribution in [0.5, 0.6) is 0 Å². The number of thiophene rings is 1. The van der Waals surface area contributed by atoms with Crippen LogP contribution in [0, 0.1) is 5.92 Å². The summed E-state index contributed by atoms with van der Waals surface area (Å²) in [7, 11) is 0. The number of nitrogens with two attached hydrogens (primary N) is 1. The third-order valence-electron chi connectivity index (χ3n) is 3.09. The van der Waals surface area contributed by atoms with E-state index in [2.05, 4.69) is 43.5 Å². The minimum absolute atomic E-state index is 0.366. The van der Waals surface area contributed by atoms with Crippen LogP contribution >= 0.6 is 11.3 Å². The minimum Gasteiger partial charge on any atom is -0.317 e. The normalized spacial score (nSPS) is 15.0.